The van der Waals surface area contributed by atoms with Gasteiger partial charge in [-0.25, -0.2) is 0 Å². The highest BCUT2D eigenvalue weighted by atomic mass is 127. The molecular formula is C15H18INO2. The van der Waals surface area contributed by atoms with Crippen LogP contribution in [0.4, 0.5) is 0 Å². The highest BCUT2D eigenvalue weighted by Gasteiger charge is 2.03. The Morgan fingerprint density at radius 1 is 1.32 bits per heavy atom. The third-order valence-corrected chi connectivity index (χ3v) is 3.31. The fourth-order valence-corrected chi connectivity index (χ4v) is 2.23. The van der Waals surface area contributed by atoms with Gasteiger partial charge in [0.2, 0.25) is 0 Å². The first-order chi connectivity index (χ1) is 9.28. The lowest BCUT2D eigenvalue weighted by atomic mass is 10.3. The Bertz CT molecular complexity index is 510. The van der Waals surface area contributed by atoms with Gasteiger partial charge in [0.15, 0.2) is 0 Å². The van der Waals surface area contributed by atoms with Crippen molar-refractivity contribution in [3.05, 3.63) is 51.5 Å². The molecule has 0 atom stereocenters. The molecule has 1 N–H and O–H groups in total. The van der Waals surface area contributed by atoms with E-state index in [1.165, 1.54) is 3.57 Å². The van der Waals surface area contributed by atoms with Crippen LogP contribution in [-0.2, 0) is 13.2 Å². The number of nitrogens with one attached hydrogen (secondary N) is 1. The van der Waals surface area contributed by atoms with Gasteiger partial charge in [0.25, 0.3) is 0 Å². The van der Waals surface area contributed by atoms with Gasteiger partial charge >= 0.3 is 0 Å². The largest absolute Gasteiger partial charge is 0.486 e. The maximum absolute atomic E-state index is 5.69. The minimum absolute atomic E-state index is 0.466. The first-order valence-electron chi connectivity index (χ1n) is 6.43. The zero-order valence-corrected chi connectivity index (χ0v) is 13.1. The van der Waals surface area contributed by atoms with Crippen LogP contribution in [-0.4, -0.2) is 6.54 Å². The standard InChI is InChI=1S/C15H18INO2/c1-2-6-17-9-12-7-15(18-10-12)11-19-14-5-3-4-13(16)8-14/h3-5,7-8,10,17H,2,6,9,11H2,1H3. The second-order valence-corrected chi connectivity index (χ2v) is 5.59. The van der Waals surface area contributed by atoms with Crippen LogP contribution < -0.4 is 10.1 Å². The van der Waals surface area contributed by atoms with Crippen LogP contribution in [0.25, 0.3) is 0 Å². The molecular weight excluding hydrogens is 353 g/mol. The molecule has 2 aromatic rings. The molecule has 0 aliphatic heterocycles. The number of benzene rings is 1. The van der Waals surface area contributed by atoms with Gasteiger partial charge in [-0.15, -0.1) is 0 Å². The van der Waals surface area contributed by atoms with Crippen LogP contribution in [0.15, 0.2) is 41.0 Å². The van der Waals surface area contributed by atoms with Crippen LogP contribution >= 0.6 is 22.6 Å². The minimum Gasteiger partial charge on any atom is -0.486 e. The third kappa shape index (κ3) is 4.87. The number of furan rings is 1. The van der Waals surface area contributed by atoms with Crippen molar-refractivity contribution in [1.29, 1.82) is 0 Å². The van der Waals surface area contributed by atoms with Crippen molar-refractivity contribution in [3.8, 4) is 5.75 Å². The first-order valence-corrected chi connectivity index (χ1v) is 7.51. The average Bonchev–Trinajstić information content (AvgIpc) is 2.85. The summed E-state index contributed by atoms with van der Waals surface area (Å²) in [6, 6.07) is 10.0. The molecule has 0 spiro atoms. The average molecular weight is 371 g/mol. The summed E-state index contributed by atoms with van der Waals surface area (Å²) in [5.41, 5.74) is 1.16. The second kappa shape index (κ2) is 7.55. The fraction of sp³-hybridized carbons (Fsp3) is 0.333. The van der Waals surface area contributed by atoms with Crippen molar-refractivity contribution in [2.75, 3.05) is 6.54 Å². The van der Waals surface area contributed by atoms with Gasteiger partial charge in [0.1, 0.15) is 18.1 Å². The molecule has 19 heavy (non-hydrogen) atoms. The van der Waals surface area contributed by atoms with E-state index in [9.17, 15) is 0 Å². The maximum Gasteiger partial charge on any atom is 0.146 e. The monoisotopic (exact) mass is 371 g/mol. The summed E-state index contributed by atoms with van der Waals surface area (Å²) >= 11 is 2.27. The summed E-state index contributed by atoms with van der Waals surface area (Å²) < 4.78 is 12.3. The predicted octanol–water partition coefficient (Wildman–Crippen LogP) is 3.96. The lowest BCUT2D eigenvalue weighted by Crippen LogP contribution is -2.13. The van der Waals surface area contributed by atoms with Crippen molar-refractivity contribution in [1.82, 2.24) is 5.32 Å². The van der Waals surface area contributed by atoms with Gasteiger partial charge in [-0.2, -0.15) is 0 Å². The normalized spacial score (nSPS) is 10.6. The molecule has 0 saturated carbocycles. The summed E-state index contributed by atoms with van der Waals surface area (Å²) in [6.45, 7) is 4.50. The summed E-state index contributed by atoms with van der Waals surface area (Å²) in [5.74, 6) is 1.72. The smallest absolute Gasteiger partial charge is 0.146 e. The lowest BCUT2D eigenvalue weighted by Gasteiger charge is -2.03. The quantitative estimate of drug-likeness (QED) is 0.591. The van der Waals surface area contributed by atoms with Gasteiger partial charge in [0, 0.05) is 15.7 Å². The molecule has 3 nitrogen and oxygen atoms in total. The molecule has 0 amide bonds. The molecule has 0 aliphatic rings. The molecule has 4 heteroatoms. The summed E-state index contributed by atoms with van der Waals surface area (Å²) in [7, 11) is 0. The first kappa shape index (κ1) is 14.4. The molecule has 0 bridgehead atoms. The van der Waals surface area contributed by atoms with Crippen molar-refractivity contribution in [2.24, 2.45) is 0 Å². The van der Waals surface area contributed by atoms with E-state index in [-0.39, 0.29) is 0 Å². The number of halogens is 1. The van der Waals surface area contributed by atoms with E-state index in [1.54, 1.807) is 6.26 Å². The van der Waals surface area contributed by atoms with E-state index < -0.39 is 0 Å². The summed E-state index contributed by atoms with van der Waals surface area (Å²) in [6.07, 6.45) is 2.93. The molecule has 2 rings (SSSR count). The molecule has 1 aromatic carbocycles. The summed E-state index contributed by atoms with van der Waals surface area (Å²) in [4.78, 5) is 0. The highest BCUT2D eigenvalue weighted by molar-refractivity contribution is 14.1. The van der Waals surface area contributed by atoms with E-state index in [0.29, 0.717) is 6.61 Å². The fourth-order valence-electron chi connectivity index (χ4n) is 1.72. The Labute approximate surface area is 127 Å². The van der Waals surface area contributed by atoms with E-state index in [2.05, 4.69) is 34.8 Å². The van der Waals surface area contributed by atoms with E-state index >= 15 is 0 Å². The van der Waals surface area contributed by atoms with Gasteiger partial charge < -0.3 is 14.5 Å². The van der Waals surface area contributed by atoms with Crippen LogP contribution in [0.2, 0.25) is 0 Å². The van der Waals surface area contributed by atoms with Crippen LogP contribution in [0, 0.1) is 3.57 Å². The van der Waals surface area contributed by atoms with Crippen molar-refractivity contribution in [3.63, 3.8) is 0 Å². The SMILES string of the molecule is CCCNCc1coc(COc2cccc(I)c2)c1. The Morgan fingerprint density at radius 2 is 2.21 bits per heavy atom. The topological polar surface area (TPSA) is 34.4 Å². The number of rotatable bonds is 7. The molecule has 0 saturated heterocycles. The Morgan fingerprint density at radius 3 is 3.00 bits per heavy atom. The van der Waals surface area contributed by atoms with Crippen LogP contribution in [0.5, 0.6) is 5.75 Å². The number of ether oxygens (including phenoxy) is 1. The molecule has 102 valence electrons. The molecule has 1 heterocycles. The van der Waals surface area contributed by atoms with Crippen molar-refractivity contribution in [2.45, 2.75) is 26.5 Å². The zero-order chi connectivity index (χ0) is 13.5. The lowest BCUT2D eigenvalue weighted by molar-refractivity contribution is 0.270. The Balaban J connectivity index is 1.83. The van der Waals surface area contributed by atoms with E-state index in [0.717, 1.165) is 36.6 Å². The zero-order valence-electron chi connectivity index (χ0n) is 11.0. The predicted molar refractivity (Wildman–Crippen MR) is 84.2 cm³/mol. The Hall–Kier alpha value is -1.01. The van der Waals surface area contributed by atoms with Gasteiger partial charge in [-0.3, -0.25) is 0 Å². The van der Waals surface area contributed by atoms with Gasteiger partial charge in [0.05, 0.1) is 6.26 Å². The molecule has 1 aromatic heterocycles. The number of hydrogen-bond acceptors (Lipinski definition) is 3. The van der Waals surface area contributed by atoms with Crippen LogP contribution in [0.1, 0.15) is 24.7 Å². The van der Waals surface area contributed by atoms with E-state index in [4.69, 9.17) is 9.15 Å². The molecule has 0 radical (unpaired) electrons. The van der Waals surface area contributed by atoms with Crippen molar-refractivity contribution >= 4 is 22.6 Å². The van der Waals surface area contributed by atoms with Gasteiger partial charge in [-0.1, -0.05) is 13.0 Å². The highest BCUT2D eigenvalue weighted by Crippen LogP contribution is 2.17. The minimum atomic E-state index is 0.466. The molecule has 0 fully saturated rings. The number of hydrogen-bond donors (Lipinski definition) is 1. The van der Waals surface area contributed by atoms with Crippen LogP contribution in [0.3, 0.4) is 0 Å². The van der Waals surface area contributed by atoms with E-state index in [1.807, 2.05) is 30.3 Å². The maximum atomic E-state index is 5.69. The molecule has 0 unspecified atom stereocenters. The second-order valence-electron chi connectivity index (χ2n) is 4.34. The third-order valence-electron chi connectivity index (χ3n) is 2.64. The van der Waals surface area contributed by atoms with Crippen molar-refractivity contribution < 1.29 is 9.15 Å². The van der Waals surface area contributed by atoms with Gasteiger partial charge in [-0.05, 0) is 59.8 Å². The molecule has 0 aliphatic carbocycles. The summed E-state index contributed by atoms with van der Waals surface area (Å²) in [5, 5.41) is 3.34. The Kier molecular flexibility index (Phi) is 5.72.